The molecule has 1 aromatic heterocycles. The first-order valence-electron chi connectivity index (χ1n) is 28.3. The summed E-state index contributed by atoms with van der Waals surface area (Å²) < 4.78 is 6.99. The van der Waals surface area contributed by atoms with Gasteiger partial charge in [0, 0.05) is 78.1 Å². The molecule has 7 rings (SSSR count). The van der Waals surface area contributed by atoms with E-state index in [1.165, 1.54) is 53.6 Å². The van der Waals surface area contributed by atoms with E-state index in [4.69, 9.17) is 23.2 Å². The first-order chi connectivity index (χ1) is 40.7. The van der Waals surface area contributed by atoms with E-state index in [-0.39, 0.29) is 49.8 Å². The number of halogens is 2. The molecule has 0 aliphatic heterocycles. The van der Waals surface area contributed by atoms with Crippen LogP contribution < -0.4 is 14.7 Å². The number of rotatable bonds is 26. The van der Waals surface area contributed by atoms with Crippen LogP contribution in [0.1, 0.15) is 33.3 Å². The standard InChI is InChI=1S/C22H29N6S.C21H29ClN5O3.C19H25ClN5O2.3CH3/c1-6-27(14-15-28(3,4)5)19-12-13-20(17(2)16-19)24-25-22-23-21(26-29-22)18-10-8-7-9-11-18;1-5-25(12-13-27(3,4)15-16(2)28)18-8-6-17(7-9-18)23-24-21-11-10-19(26(29)30)14-20(21)22;1-5-23(12-13-25(2,3)4)16-8-6-15(7-9-16)21-22-19-11-10-17(24(26)27)14-18(19)20;;;/h7-13,16H,6,14-15H2,1-5H3;6-11,14,16,28H,5,12-13,15H2,1-4H3;6-11,14H,5,12-13H2,1-4H3;3*1H3/q3*+1;3*-1. The molecule has 1 N–H and O–H groups in total. The highest BCUT2D eigenvalue weighted by molar-refractivity contribution is 7.09. The number of nitro groups is 2. The fourth-order valence-corrected chi connectivity index (χ4v) is 9.46. The average molecular weight is 1280 g/mol. The molecule has 0 aliphatic rings. The van der Waals surface area contributed by atoms with Gasteiger partial charge < -0.3 is 55.5 Å². The van der Waals surface area contributed by atoms with Crippen molar-refractivity contribution in [1.82, 2.24) is 9.36 Å². The number of aliphatic hydroxyl groups excluding tert-OH is 1. The van der Waals surface area contributed by atoms with Crippen molar-refractivity contribution in [3.8, 4) is 11.4 Å². The van der Waals surface area contributed by atoms with Crippen molar-refractivity contribution >= 4 is 96.7 Å². The molecule has 482 valence electrons. The molecule has 0 aliphatic carbocycles. The highest BCUT2D eigenvalue weighted by Gasteiger charge is 2.20. The van der Waals surface area contributed by atoms with Crippen LogP contribution in [0.3, 0.4) is 0 Å². The third kappa shape index (κ3) is 26.5. The van der Waals surface area contributed by atoms with E-state index < -0.39 is 9.85 Å². The lowest BCUT2D eigenvalue weighted by Gasteiger charge is -2.34. The highest BCUT2D eigenvalue weighted by atomic mass is 35.5. The summed E-state index contributed by atoms with van der Waals surface area (Å²) in [7, 11) is 17.4. The molecule has 89 heavy (non-hydrogen) atoms. The van der Waals surface area contributed by atoms with E-state index in [1.54, 1.807) is 0 Å². The zero-order chi connectivity index (χ0) is 63.2. The minimum Gasteiger partial charge on any atom is -0.388 e. The van der Waals surface area contributed by atoms with Gasteiger partial charge in [0.2, 0.25) is 5.13 Å². The fourth-order valence-electron chi connectivity index (χ4n) is 8.52. The maximum Gasteiger partial charge on any atom is 0.271 e. The summed E-state index contributed by atoms with van der Waals surface area (Å²) in [5.41, 5.74) is 8.35. The van der Waals surface area contributed by atoms with E-state index in [9.17, 15) is 25.3 Å². The Labute approximate surface area is 542 Å². The Morgan fingerprint density at radius 2 is 0.955 bits per heavy atom. The highest BCUT2D eigenvalue weighted by Crippen LogP contribution is 2.34. The van der Waals surface area contributed by atoms with E-state index in [0.717, 1.165) is 101 Å². The number of benzene rings is 6. The lowest BCUT2D eigenvalue weighted by molar-refractivity contribution is -0.891. The summed E-state index contributed by atoms with van der Waals surface area (Å²) in [5, 5.41) is 57.4. The normalized spacial score (nSPS) is 11.8. The van der Waals surface area contributed by atoms with Gasteiger partial charge in [0.1, 0.15) is 24.0 Å². The Hall–Kier alpha value is -7.70. The molecular formula is C65H92Cl2N16O5S. The predicted molar refractivity (Wildman–Crippen MR) is 370 cm³/mol. The number of azo groups is 3. The van der Waals surface area contributed by atoms with Gasteiger partial charge in [0.15, 0.2) is 5.82 Å². The van der Waals surface area contributed by atoms with Gasteiger partial charge in [-0.25, -0.2) is 0 Å². The topological polar surface area (TPSA) is 216 Å². The molecule has 7 aromatic rings. The van der Waals surface area contributed by atoms with Crippen LogP contribution in [0, 0.1) is 49.4 Å². The largest absolute Gasteiger partial charge is 0.388 e. The molecule has 0 amide bonds. The third-order valence-electron chi connectivity index (χ3n) is 13.5. The van der Waals surface area contributed by atoms with Gasteiger partial charge in [-0.1, -0.05) is 53.5 Å². The summed E-state index contributed by atoms with van der Waals surface area (Å²) in [6.07, 6.45) is -0.330. The maximum absolute atomic E-state index is 10.8. The zero-order valence-electron chi connectivity index (χ0n) is 54.7. The number of non-ortho nitro benzene ring substituents is 2. The van der Waals surface area contributed by atoms with Crippen LogP contribution in [0.15, 0.2) is 164 Å². The van der Waals surface area contributed by atoms with E-state index in [1.807, 2.05) is 91.9 Å². The number of aryl methyl sites for hydroxylation is 1. The lowest BCUT2D eigenvalue weighted by atomic mass is 10.1. The van der Waals surface area contributed by atoms with Crippen LogP contribution in [0.4, 0.5) is 62.0 Å². The van der Waals surface area contributed by atoms with Crippen molar-refractivity contribution in [2.24, 2.45) is 30.7 Å². The smallest absolute Gasteiger partial charge is 0.271 e. The molecular weight excluding hydrogens is 1190 g/mol. The van der Waals surface area contributed by atoms with Crippen molar-refractivity contribution in [2.75, 3.05) is 137 Å². The number of nitrogens with zero attached hydrogens (tertiary/aromatic N) is 16. The molecule has 24 heteroatoms. The van der Waals surface area contributed by atoms with E-state index >= 15 is 0 Å². The SMILES string of the molecule is CCN(CC[N+](C)(C)C)c1ccc(N=Nc2ccc([N+](=O)[O-])cc2Cl)cc1.CCN(CC[N+](C)(C)C)c1ccc(N=Nc2nc(-c3ccccc3)ns2)c(C)c1.CCN(CC[N+](C)(C)CC(C)O)c1ccc(N=Nc2ccc([N+](=O)[O-])cc2Cl)cc1.[CH3-].[CH3-].[CH3-]. The second-order valence-corrected chi connectivity index (χ2v) is 24.7. The Kier molecular flexibility index (Phi) is 31.9. The Bertz CT molecular complexity index is 3370. The molecule has 0 bridgehead atoms. The fraction of sp³-hybridized carbons (Fsp3) is 0.369. The molecule has 0 spiro atoms. The second kappa shape index (κ2) is 36.7. The van der Waals surface area contributed by atoms with Crippen LogP contribution in [-0.2, 0) is 0 Å². The van der Waals surface area contributed by atoms with Gasteiger partial charge in [0.05, 0.1) is 133 Å². The summed E-state index contributed by atoms with van der Waals surface area (Å²) in [5.74, 6) is 0.687. The van der Waals surface area contributed by atoms with Crippen LogP contribution in [0.5, 0.6) is 0 Å². The molecule has 0 saturated carbocycles. The molecule has 0 saturated heterocycles. The van der Waals surface area contributed by atoms with Crippen molar-refractivity contribution in [3.05, 3.63) is 192 Å². The molecule has 1 unspecified atom stereocenters. The molecule has 0 fully saturated rings. The Morgan fingerprint density at radius 3 is 1.35 bits per heavy atom. The van der Waals surface area contributed by atoms with Crippen LogP contribution >= 0.6 is 34.7 Å². The first kappa shape index (κ1) is 77.4. The average Bonchev–Trinajstić information content (AvgIpc) is 3.81. The minimum atomic E-state index is -0.505. The summed E-state index contributed by atoms with van der Waals surface area (Å²) in [6.45, 7) is 19.7. The number of quaternary nitrogens is 3. The summed E-state index contributed by atoms with van der Waals surface area (Å²) in [6, 6.07) is 40.0. The van der Waals surface area contributed by atoms with Crippen molar-refractivity contribution < 1.29 is 28.4 Å². The number of likely N-dealkylation sites (N-methyl/N-ethyl adjacent to an activating group) is 6. The van der Waals surface area contributed by atoms with Gasteiger partial charge in [-0.15, -0.1) is 20.5 Å². The van der Waals surface area contributed by atoms with Crippen molar-refractivity contribution in [2.45, 2.75) is 40.7 Å². The Morgan fingerprint density at radius 1 is 0.551 bits per heavy atom. The van der Waals surface area contributed by atoms with Gasteiger partial charge in [-0.05, 0) is 119 Å². The summed E-state index contributed by atoms with van der Waals surface area (Å²) >= 11 is 13.3. The van der Waals surface area contributed by atoms with Gasteiger partial charge >= 0.3 is 0 Å². The number of anilines is 3. The third-order valence-corrected chi connectivity index (χ3v) is 14.7. The molecule has 21 nitrogen and oxygen atoms in total. The van der Waals surface area contributed by atoms with Crippen LogP contribution in [0.25, 0.3) is 11.4 Å². The van der Waals surface area contributed by atoms with Crippen molar-refractivity contribution in [1.29, 1.82) is 0 Å². The number of aliphatic hydroxyl groups is 1. The minimum absolute atomic E-state index is 0. The number of hydrogen-bond acceptors (Lipinski definition) is 17. The maximum atomic E-state index is 10.8. The molecule has 6 aromatic carbocycles. The first-order valence-corrected chi connectivity index (χ1v) is 29.9. The van der Waals surface area contributed by atoms with Gasteiger partial charge in [-0.2, -0.15) is 19.6 Å². The van der Waals surface area contributed by atoms with Gasteiger partial charge in [-0.3, -0.25) is 20.2 Å². The zero-order valence-corrected chi connectivity index (χ0v) is 57.1. The number of aromatic nitrogens is 2. The van der Waals surface area contributed by atoms with Crippen molar-refractivity contribution in [3.63, 3.8) is 0 Å². The van der Waals surface area contributed by atoms with Crippen LogP contribution in [-0.4, -0.2) is 166 Å². The van der Waals surface area contributed by atoms with E-state index in [2.05, 4.69) is 151 Å². The number of hydrogen-bond donors (Lipinski definition) is 1. The molecule has 1 atom stereocenters. The predicted octanol–water partition coefficient (Wildman–Crippen LogP) is 17.0. The monoisotopic (exact) mass is 1280 g/mol. The summed E-state index contributed by atoms with van der Waals surface area (Å²) in [4.78, 5) is 32.0. The molecule has 1 heterocycles. The van der Waals surface area contributed by atoms with E-state index in [0.29, 0.717) is 40.3 Å². The van der Waals surface area contributed by atoms with Gasteiger partial charge in [0.25, 0.3) is 11.4 Å². The Balaban J connectivity index is 0.000000448. The quantitative estimate of drug-likeness (QED) is 0.0178. The molecule has 0 radical (unpaired) electrons. The second-order valence-electron chi connectivity index (χ2n) is 23.1. The number of nitro benzene ring substituents is 2. The van der Waals surface area contributed by atoms with Crippen LogP contribution in [0.2, 0.25) is 10.0 Å². The lowest BCUT2D eigenvalue weighted by Crippen LogP contribution is -2.49.